The van der Waals surface area contributed by atoms with Crippen LogP contribution in [0.1, 0.15) is 21.7 Å². The molecule has 0 bridgehead atoms. The zero-order chi connectivity index (χ0) is 14.5. The summed E-state index contributed by atoms with van der Waals surface area (Å²) in [4.78, 5) is 33.8. The zero-order valence-electron chi connectivity index (χ0n) is 10.8. The molecule has 1 amide bonds. The molecule has 0 spiro atoms. The maximum atomic E-state index is 12.0. The molecule has 0 aliphatic heterocycles. The van der Waals surface area contributed by atoms with Gasteiger partial charge in [0.25, 0.3) is 5.91 Å². The van der Waals surface area contributed by atoms with E-state index in [-0.39, 0.29) is 6.42 Å². The van der Waals surface area contributed by atoms with Gasteiger partial charge in [0.1, 0.15) is 6.04 Å². The minimum atomic E-state index is -1.10. The monoisotopic (exact) mass is 274 g/mol. The number of nitrogens with zero attached hydrogens (tertiary/aromatic N) is 2. The van der Waals surface area contributed by atoms with Crippen molar-refractivity contribution in [2.24, 2.45) is 0 Å². The minimum absolute atomic E-state index is 0.144. The number of pyridine rings is 1. The summed E-state index contributed by atoms with van der Waals surface area (Å²) in [5, 5.41) is 11.6. The molecule has 1 atom stereocenters. The molecule has 104 valence electrons. The van der Waals surface area contributed by atoms with Crippen LogP contribution in [0, 0.1) is 6.92 Å². The first-order valence-electron chi connectivity index (χ1n) is 6.00. The summed E-state index contributed by atoms with van der Waals surface area (Å²) in [6.45, 7) is 1.76. The quantitative estimate of drug-likeness (QED) is 0.737. The molecule has 2 aromatic heterocycles. The number of H-pyrrole nitrogens is 1. The summed E-state index contributed by atoms with van der Waals surface area (Å²) in [6.07, 6.45) is 4.64. The van der Waals surface area contributed by atoms with Gasteiger partial charge >= 0.3 is 5.97 Å². The fourth-order valence-corrected chi connectivity index (χ4v) is 1.74. The van der Waals surface area contributed by atoms with Crippen LogP contribution in [0.5, 0.6) is 0 Å². The second-order valence-corrected chi connectivity index (χ2v) is 4.33. The van der Waals surface area contributed by atoms with E-state index in [1.807, 2.05) is 0 Å². The van der Waals surface area contributed by atoms with Crippen molar-refractivity contribution in [3.63, 3.8) is 0 Å². The second kappa shape index (κ2) is 5.96. The Hall–Kier alpha value is -2.70. The van der Waals surface area contributed by atoms with Crippen LogP contribution in [0.15, 0.2) is 30.9 Å². The number of aliphatic carboxylic acids is 1. The van der Waals surface area contributed by atoms with Gasteiger partial charge < -0.3 is 15.4 Å². The number of carboxylic acids is 1. The molecule has 2 aromatic rings. The van der Waals surface area contributed by atoms with Crippen LogP contribution in [-0.2, 0) is 11.2 Å². The summed E-state index contributed by atoms with van der Waals surface area (Å²) < 4.78 is 0. The van der Waals surface area contributed by atoms with E-state index in [0.29, 0.717) is 17.0 Å². The molecule has 0 fully saturated rings. The Labute approximate surface area is 115 Å². The molecule has 7 nitrogen and oxygen atoms in total. The number of hydrogen-bond acceptors (Lipinski definition) is 4. The van der Waals surface area contributed by atoms with Crippen LogP contribution in [0.3, 0.4) is 0 Å². The average molecular weight is 274 g/mol. The number of hydrogen-bond donors (Lipinski definition) is 3. The summed E-state index contributed by atoms with van der Waals surface area (Å²) in [5.41, 5.74) is 1.72. The van der Waals surface area contributed by atoms with Gasteiger partial charge in [0.2, 0.25) is 0 Å². The number of rotatable bonds is 5. The third-order valence-electron chi connectivity index (χ3n) is 2.74. The van der Waals surface area contributed by atoms with Crippen molar-refractivity contribution < 1.29 is 14.7 Å². The van der Waals surface area contributed by atoms with Gasteiger partial charge in [-0.2, -0.15) is 0 Å². The van der Waals surface area contributed by atoms with Gasteiger partial charge in [-0.15, -0.1) is 0 Å². The van der Waals surface area contributed by atoms with Crippen molar-refractivity contribution >= 4 is 11.9 Å². The highest BCUT2D eigenvalue weighted by Gasteiger charge is 2.21. The second-order valence-electron chi connectivity index (χ2n) is 4.33. The Balaban J connectivity index is 2.08. The fraction of sp³-hybridized carbons (Fsp3) is 0.231. The molecule has 0 aliphatic carbocycles. The Morgan fingerprint density at radius 2 is 2.30 bits per heavy atom. The number of aromatic amines is 1. The zero-order valence-corrected chi connectivity index (χ0v) is 10.8. The van der Waals surface area contributed by atoms with E-state index in [4.69, 9.17) is 5.11 Å². The first-order chi connectivity index (χ1) is 9.56. The lowest BCUT2D eigenvalue weighted by molar-refractivity contribution is -0.139. The third-order valence-corrected chi connectivity index (χ3v) is 2.74. The number of nitrogens with one attached hydrogen (secondary N) is 2. The molecule has 0 saturated heterocycles. The average Bonchev–Trinajstić information content (AvgIpc) is 2.90. The molecule has 2 heterocycles. The van der Waals surface area contributed by atoms with Gasteiger partial charge in [-0.25, -0.2) is 9.78 Å². The van der Waals surface area contributed by atoms with E-state index >= 15 is 0 Å². The predicted molar refractivity (Wildman–Crippen MR) is 70.2 cm³/mol. The predicted octanol–water partition coefficient (Wildman–Crippen LogP) is 0.539. The lowest BCUT2D eigenvalue weighted by atomic mass is 10.1. The standard InChI is InChI=1S/C13H14N4O3/c1-8-4-9(2-3-15-8)12(18)17-11(13(19)20)5-10-6-14-7-16-10/h2-4,6-7,11H,5H2,1H3,(H,14,16)(H,17,18)(H,19,20)/t11-/m1/s1. The highest BCUT2D eigenvalue weighted by atomic mass is 16.4. The Morgan fingerprint density at radius 3 is 2.90 bits per heavy atom. The fourth-order valence-electron chi connectivity index (χ4n) is 1.74. The van der Waals surface area contributed by atoms with E-state index in [1.165, 1.54) is 24.8 Å². The van der Waals surface area contributed by atoms with Gasteiger partial charge in [-0.3, -0.25) is 9.78 Å². The van der Waals surface area contributed by atoms with Crippen LogP contribution in [-0.4, -0.2) is 38.0 Å². The van der Waals surface area contributed by atoms with Crippen molar-refractivity contribution in [3.8, 4) is 0 Å². The maximum Gasteiger partial charge on any atom is 0.326 e. The molecule has 0 aliphatic rings. The minimum Gasteiger partial charge on any atom is -0.480 e. The molecule has 3 N–H and O–H groups in total. The molecule has 20 heavy (non-hydrogen) atoms. The number of carbonyl (C=O) groups is 2. The number of carbonyl (C=O) groups excluding carboxylic acids is 1. The summed E-state index contributed by atoms with van der Waals surface area (Å²) in [5.74, 6) is -1.54. The number of carboxylic acid groups (broad SMARTS) is 1. The molecular weight excluding hydrogens is 260 g/mol. The topological polar surface area (TPSA) is 108 Å². The number of aryl methyl sites for hydroxylation is 1. The van der Waals surface area contributed by atoms with Gasteiger partial charge in [0.05, 0.1) is 6.33 Å². The van der Waals surface area contributed by atoms with E-state index in [2.05, 4.69) is 20.3 Å². The Bertz CT molecular complexity index is 610. The number of aromatic nitrogens is 3. The molecule has 0 unspecified atom stereocenters. The number of amides is 1. The van der Waals surface area contributed by atoms with E-state index in [1.54, 1.807) is 13.0 Å². The van der Waals surface area contributed by atoms with Crippen LogP contribution in [0.2, 0.25) is 0 Å². The van der Waals surface area contributed by atoms with Gasteiger partial charge in [0, 0.05) is 35.8 Å². The molecule has 0 saturated carbocycles. The Morgan fingerprint density at radius 1 is 1.50 bits per heavy atom. The highest BCUT2D eigenvalue weighted by molar-refractivity contribution is 5.96. The van der Waals surface area contributed by atoms with Crippen molar-refractivity contribution in [1.82, 2.24) is 20.3 Å². The van der Waals surface area contributed by atoms with E-state index < -0.39 is 17.9 Å². The molecule has 0 aromatic carbocycles. The smallest absolute Gasteiger partial charge is 0.326 e. The lowest BCUT2D eigenvalue weighted by Gasteiger charge is -2.13. The van der Waals surface area contributed by atoms with E-state index in [9.17, 15) is 9.59 Å². The van der Waals surface area contributed by atoms with Gasteiger partial charge in [-0.1, -0.05) is 0 Å². The van der Waals surface area contributed by atoms with Crippen LogP contribution < -0.4 is 5.32 Å². The molecular formula is C13H14N4O3. The maximum absolute atomic E-state index is 12.0. The summed E-state index contributed by atoms with van der Waals surface area (Å²) in [6, 6.07) is 2.12. The third kappa shape index (κ3) is 3.41. The van der Waals surface area contributed by atoms with Crippen molar-refractivity contribution in [2.45, 2.75) is 19.4 Å². The molecule has 2 rings (SSSR count). The van der Waals surface area contributed by atoms with Gasteiger partial charge in [-0.05, 0) is 19.1 Å². The lowest BCUT2D eigenvalue weighted by Crippen LogP contribution is -2.42. The normalized spacial score (nSPS) is 11.8. The summed E-state index contributed by atoms with van der Waals surface area (Å²) >= 11 is 0. The van der Waals surface area contributed by atoms with Crippen molar-refractivity contribution in [3.05, 3.63) is 47.8 Å². The van der Waals surface area contributed by atoms with Gasteiger partial charge in [0.15, 0.2) is 0 Å². The molecule has 7 heteroatoms. The van der Waals surface area contributed by atoms with E-state index in [0.717, 1.165) is 0 Å². The highest BCUT2D eigenvalue weighted by Crippen LogP contribution is 2.04. The Kier molecular flexibility index (Phi) is 4.09. The summed E-state index contributed by atoms with van der Waals surface area (Å²) in [7, 11) is 0. The van der Waals surface area contributed by atoms with Crippen LogP contribution in [0.4, 0.5) is 0 Å². The van der Waals surface area contributed by atoms with Crippen LogP contribution >= 0.6 is 0 Å². The molecule has 0 radical (unpaired) electrons. The SMILES string of the molecule is Cc1cc(C(=O)N[C@H](Cc2cnc[nH]2)C(=O)O)ccn1. The van der Waals surface area contributed by atoms with Crippen molar-refractivity contribution in [1.29, 1.82) is 0 Å². The first kappa shape index (κ1) is 13.7. The van der Waals surface area contributed by atoms with Crippen LogP contribution in [0.25, 0.3) is 0 Å². The number of imidazole rings is 1. The van der Waals surface area contributed by atoms with Crippen molar-refractivity contribution in [2.75, 3.05) is 0 Å². The first-order valence-corrected chi connectivity index (χ1v) is 6.00. The largest absolute Gasteiger partial charge is 0.480 e.